The summed E-state index contributed by atoms with van der Waals surface area (Å²) >= 11 is 8.98. The van der Waals surface area contributed by atoms with Crippen molar-refractivity contribution in [1.82, 2.24) is 4.72 Å². The van der Waals surface area contributed by atoms with Gasteiger partial charge in [-0.05, 0) is 34.5 Å². The first-order valence-corrected chi connectivity index (χ1v) is 8.27. The lowest BCUT2D eigenvalue weighted by atomic mass is 10.2. The van der Waals surface area contributed by atoms with E-state index in [0.29, 0.717) is 4.47 Å². The Bertz CT molecular complexity index is 662. The number of nitrogens with one attached hydrogen (secondary N) is 1. The van der Waals surface area contributed by atoms with Crippen molar-refractivity contribution in [3.05, 3.63) is 34.3 Å². The van der Waals surface area contributed by atoms with Crippen LogP contribution in [0.3, 0.4) is 0 Å². The second-order valence-corrected chi connectivity index (χ2v) is 6.93. The van der Waals surface area contributed by atoms with Crippen molar-refractivity contribution >= 4 is 43.5 Å². The first-order valence-electron chi connectivity index (χ1n) is 5.62. The van der Waals surface area contributed by atoms with Crippen LogP contribution in [-0.2, 0) is 14.8 Å². The van der Waals surface area contributed by atoms with E-state index in [4.69, 9.17) is 21.4 Å². The number of halogens is 2. The number of rotatable bonds is 7. The second kappa shape index (κ2) is 7.26. The highest BCUT2D eigenvalue weighted by molar-refractivity contribution is 9.10. The summed E-state index contributed by atoms with van der Waals surface area (Å²) in [6, 6.07) is 1.33. The lowest BCUT2D eigenvalue weighted by Gasteiger charge is -2.16. The van der Waals surface area contributed by atoms with Crippen LogP contribution < -0.4 is 9.46 Å². The third-order valence-electron chi connectivity index (χ3n) is 2.47. The van der Waals surface area contributed by atoms with Gasteiger partial charge >= 0.3 is 5.97 Å². The number of hydrogen-bond acceptors (Lipinski definition) is 4. The first-order chi connectivity index (χ1) is 9.72. The van der Waals surface area contributed by atoms with Gasteiger partial charge in [0.1, 0.15) is 10.9 Å². The van der Waals surface area contributed by atoms with Crippen LogP contribution in [0.4, 0.5) is 0 Å². The first kappa shape index (κ1) is 18.0. The molecule has 0 saturated carbocycles. The summed E-state index contributed by atoms with van der Waals surface area (Å²) in [5.41, 5.74) is 0. The molecule has 1 unspecified atom stereocenters. The van der Waals surface area contributed by atoms with E-state index in [1.807, 2.05) is 0 Å². The average molecular weight is 399 g/mol. The molecule has 0 saturated heterocycles. The highest BCUT2D eigenvalue weighted by Gasteiger charge is 2.28. The van der Waals surface area contributed by atoms with Crippen LogP contribution in [0.15, 0.2) is 34.2 Å². The van der Waals surface area contributed by atoms with Gasteiger partial charge in [-0.25, -0.2) is 8.42 Å². The SMILES string of the molecule is C=CCC(NS(=O)(=O)c1cc(Cl)cc(Br)c1OC)C(=O)O. The van der Waals surface area contributed by atoms with Crippen LogP contribution in [0.5, 0.6) is 5.75 Å². The summed E-state index contributed by atoms with van der Waals surface area (Å²) < 4.78 is 32.1. The Morgan fingerprint density at radius 3 is 2.71 bits per heavy atom. The lowest BCUT2D eigenvalue weighted by Crippen LogP contribution is -2.40. The molecule has 116 valence electrons. The molecule has 0 bridgehead atoms. The summed E-state index contributed by atoms with van der Waals surface area (Å²) in [4.78, 5) is 10.8. The molecule has 0 aliphatic rings. The molecule has 21 heavy (non-hydrogen) atoms. The van der Waals surface area contributed by atoms with Gasteiger partial charge in [0.2, 0.25) is 10.0 Å². The molecule has 1 rings (SSSR count). The molecule has 0 aromatic heterocycles. The van der Waals surface area contributed by atoms with Crippen molar-refractivity contribution in [3.8, 4) is 5.75 Å². The van der Waals surface area contributed by atoms with Crippen LogP contribution in [0.25, 0.3) is 0 Å². The van der Waals surface area contributed by atoms with Crippen LogP contribution in [0.2, 0.25) is 5.02 Å². The van der Waals surface area contributed by atoms with E-state index < -0.39 is 22.0 Å². The Labute approximate surface area is 135 Å². The van der Waals surface area contributed by atoms with Crippen LogP contribution in [0, 0.1) is 0 Å². The molecule has 1 atom stereocenters. The summed E-state index contributed by atoms with van der Waals surface area (Å²) in [7, 11) is -2.84. The van der Waals surface area contributed by atoms with Gasteiger partial charge < -0.3 is 9.84 Å². The predicted octanol–water partition coefficient (Wildman–Crippen LogP) is 2.42. The van der Waals surface area contributed by atoms with E-state index in [1.165, 1.54) is 25.3 Å². The molecule has 1 aromatic rings. The topological polar surface area (TPSA) is 92.7 Å². The van der Waals surface area contributed by atoms with E-state index in [1.54, 1.807) is 0 Å². The van der Waals surface area contributed by atoms with Gasteiger partial charge in [0.05, 0.1) is 11.6 Å². The van der Waals surface area contributed by atoms with Gasteiger partial charge in [-0.3, -0.25) is 4.79 Å². The van der Waals surface area contributed by atoms with Gasteiger partial charge in [-0.15, -0.1) is 6.58 Å². The van der Waals surface area contributed by atoms with Crippen molar-refractivity contribution in [2.75, 3.05) is 7.11 Å². The van der Waals surface area contributed by atoms with Gasteiger partial charge in [-0.1, -0.05) is 17.7 Å². The highest BCUT2D eigenvalue weighted by Crippen LogP contribution is 2.35. The number of sulfonamides is 1. The van der Waals surface area contributed by atoms with Crippen molar-refractivity contribution < 1.29 is 23.1 Å². The number of carboxylic acid groups (broad SMARTS) is 1. The third-order valence-corrected chi connectivity index (χ3v) is 4.75. The molecular weight excluding hydrogens is 386 g/mol. The maximum Gasteiger partial charge on any atom is 0.322 e. The zero-order valence-electron chi connectivity index (χ0n) is 11.0. The Hall–Kier alpha value is -1.09. The van der Waals surface area contributed by atoms with E-state index in [0.717, 1.165) is 0 Å². The lowest BCUT2D eigenvalue weighted by molar-refractivity contribution is -0.138. The van der Waals surface area contributed by atoms with Crippen molar-refractivity contribution in [3.63, 3.8) is 0 Å². The second-order valence-electron chi connectivity index (χ2n) is 3.96. The normalized spacial score (nSPS) is 12.7. The summed E-state index contributed by atoms with van der Waals surface area (Å²) in [5.74, 6) is -1.27. The van der Waals surface area contributed by atoms with E-state index in [9.17, 15) is 13.2 Å². The fraction of sp³-hybridized carbons (Fsp3) is 0.250. The number of carbonyl (C=O) groups is 1. The van der Waals surface area contributed by atoms with E-state index in [2.05, 4.69) is 27.2 Å². The van der Waals surface area contributed by atoms with Crippen LogP contribution in [-0.4, -0.2) is 32.6 Å². The fourth-order valence-electron chi connectivity index (χ4n) is 1.55. The summed E-state index contributed by atoms with van der Waals surface area (Å²) in [6.07, 6.45) is 1.26. The molecule has 1 aromatic carbocycles. The number of benzene rings is 1. The maximum atomic E-state index is 12.3. The monoisotopic (exact) mass is 397 g/mol. The number of ether oxygens (including phenoxy) is 1. The van der Waals surface area contributed by atoms with E-state index in [-0.39, 0.29) is 22.1 Å². The third kappa shape index (κ3) is 4.44. The van der Waals surface area contributed by atoms with E-state index >= 15 is 0 Å². The minimum absolute atomic E-state index is 0.0367. The molecule has 0 aliphatic carbocycles. The fourth-order valence-corrected chi connectivity index (χ4v) is 4.14. The largest absolute Gasteiger partial charge is 0.494 e. The van der Waals surface area contributed by atoms with Gasteiger partial charge in [-0.2, -0.15) is 4.72 Å². The van der Waals surface area contributed by atoms with Crippen LogP contribution in [0.1, 0.15) is 6.42 Å². The van der Waals surface area contributed by atoms with Gasteiger partial charge in [0.25, 0.3) is 0 Å². The average Bonchev–Trinajstić information content (AvgIpc) is 2.37. The predicted molar refractivity (Wildman–Crippen MR) is 82.3 cm³/mol. The minimum Gasteiger partial charge on any atom is -0.494 e. The number of hydrogen-bond donors (Lipinski definition) is 2. The highest BCUT2D eigenvalue weighted by atomic mass is 79.9. The zero-order valence-corrected chi connectivity index (χ0v) is 14.1. The smallest absolute Gasteiger partial charge is 0.322 e. The molecule has 0 radical (unpaired) electrons. The van der Waals surface area contributed by atoms with Crippen molar-refractivity contribution in [1.29, 1.82) is 0 Å². The number of carboxylic acids is 1. The maximum absolute atomic E-state index is 12.3. The molecule has 0 aliphatic heterocycles. The van der Waals surface area contributed by atoms with Crippen LogP contribution >= 0.6 is 27.5 Å². The molecule has 0 amide bonds. The van der Waals surface area contributed by atoms with Gasteiger partial charge in [0.15, 0.2) is 5.75 Å². The van der Waals surface area contributed by atoms with Crippen molar-refractivity contribution in [2.24, 2.45) is 0 Å². The Kier molecular flexibility index (Phi) is 6.21. The quantitative estimate of drug-likeness (QED) is 0.688. The molecule has 2 N–H and O–H groups in total. The summed E-state index contributed by atoms with van der Waals surface area (Å²) in [6.45, 7) is 3.40. The van der Waals surface area contributed by atoms with Gasteiger partial charge in [0, 0.05) is 5.02 Å². The molecule has 0 heterocycles. The Morgan fingerprint density at radius 1 is 1.62 bits per heavy atom. The molecular formula is C12H13BrClNO5S. The molecule has 9 heteroatoms. The number of methoxy groups -OCH3 is 1. The number of aliphatic carboxylic acids is 1. The zero-order chi connectivity index (χ0) is 16.2. The Balaban J connectivity index is 3.30. The minimum atomic E-state index is -4.13. The summed E-state index contributed by atoms with van der Waals surface area (Å²) in [5, 5.41) is 9.17. The van der Waals surface area contributed by atoms with Crippen molar-refractivity contribution in [2.45, 2.75) is 17.4 Å². The molecule has 6 nitrogen and oxygen atoms in total. The Morgan fingerprint density at radius 2 is 2.24 bits per heavy atom. The molecule has 0 spiro atoms. The standard InChI is InChI=1S/C12H13BrClNO5S/c1-3-4-9(12(16)17)15-21(18,19)10-6-7(14)5-8(13)11(10)20-2/h3,5-6,9,15H,1,4H2,2H3,(H,16,17). The molecule has 0 fully saturated rings.